The van der Waals surface area contributed by atoms with Gasteiger partial charge in [0.15, 0.2) is 0 Å². The van der Waals surface area contributed by atoms with Gasteiger partial charge in [-0.15, -0.1) is 0 Å². The van der Waals surface area contributed by atoms with E-state index in [1.54, 1.807) is 6.07 Å². The summed E-state index contributed by atoms with van der Waals surface area (Å²) in [5, 5.41) is 5.26. The zero-order chi connectivity index (χ0) is 14.0. The summed E-state index contributed by atoms with van der Waals surface area (Å²) < 4.78 is 0. The van der Waals surface area contributed by atoms with Crippen molar-refractivity contribution in [1.82, 2.24) is 0 Å². The number of halogens is 3. The van der Waals surface area contributed by atoms with Crippen molar-refractivity contribution in [3.8, 4) is 0 Å². The maximum absolute atomic E-state index is 6.21. The van der Waals surface area contributed by atoms with E-state index in [9.17, 15) is 0 Å². The van der Waals surface area contributed by atoms with Crippen LogP contribution in [0.1, 0.15) is 24.1 Å². The monoisotopic (exact) mass is 313 g/mol. The molecule has 0 aromatic heterocycles. The van der Waals surface area contributed by atoms with E-state index in [1.807, 2.05) is 44.2 Å². The van der Waals surface area contributed by atoms with Gasteiger partial charge in [-0.25, -0.2) is 0 Å². The standard InChI is InChI=1S/C15H14Cl3N/c1-9-6-7-11(8-14(9)17)19-10(2)12-4-3-5-13(16)15(12)18/h3-8,10,19H,1-2H3. The minimum Gasteiger partial charge on any atom is -0.378 e. The van der Waals surface area contributed by atoms with Crippen molar-refractivity contribution in [2.24, 2.45) is 0 Å². The molecular formula is C15H14Cl3N. The van der Waals surface area contributed by atoms with Crippen LogP contribution in [0.4, 0.5) is 5.69 Å². The number of benzene rings is 2. The van der Waals surface area contributed by atoms with Crippen LogP contribution < -0.4 is 5.32 Å². The minimum atomic E-state index is 0.0463. The highest BCUT2D eigenvalue weighted by Crippen LogP contribution is 2.32. The van der Waals surface area contributed by atoms with Gasteiger partial charge in [-0.1, -0.05) is 53.0 Å². The van der Waals surface area contributed by atoms with Crippen molar-refractivity contribution in [2.75, 3.05) is 5.32 Å². The van der Waals surface area contributed by atoms with E-state index in [4.69, 9.17) is 34.8 Å². The van der Waals surface area contributed by atoms with Gasteiger partial charge in [-0.2, -0.15) is 0 Å². The Hall–Kier alpha value is -0.890. The number of nitrogens with one attached hydrogen (secondary N) is 1. The summed E-state index contributed by atoms with van der Waals surface area (Å²) >= 11 is 18.4. The number of rotatable bonds is 3. The Kier molecular flexibility index (Phi) is 4.62. The van der Waals surface area contributed by atoms with Crippen LogP contribution in [0.15, 0.2) is 36.4 Å². The summed E-state index contributed by atoms with van der Waals surface area (Å²) in [6.45, 7) is 4.01. The molecule has 4 heteroatoms. The van der Waals surface area contributed by atoms with Gasteiger partial charge in [0.2, 0.25) is 0 Å². The van der Waals surface area contributed by atoms with Crippen LogP contribution in [0.25, 0.3) is 0 Å². The van der Waals surface area contributed by atoms with Crippen LogP contribution in [0.2, 0.25) is 15.1 Å². The summed E-state index contributed by atoms with van der Waals surface area (Å²) in [7, 11) is 0. The quantitative estimate of drug-likeness (QED) is 0.718. The molecule has 0 fully saturated rings. The second-order valence-electron chi connectivity index (χ2n) is 4.47. The molecule has 2 rings (SSSR count). The molecule has 0 bridgehead atoms. The van der Waals surface area contributed by atoms with Crippen molar-refractivity contribution in [2.45, 2.75) is 19.9 Å². The van der Waals surface area contributed by atoms with E-state index in [1.165, 1.54) is 0 Å². The molecule has 1 unspecified atom stereocenters. The highest BCUT2D eigenvalue weighted by atomic mass is 35.5. The predicted molar refractivity (Wildman–Crippen MR) is 84.7 cm³/mol. The average molecular weight is 315 g/mol. The molecule has 0 spiro atoms. The van der Waals surface area contributed by atoms with Crippen LogP contribution in [-0.4, -0.2) is 0 Å². The van der Waals surface area contributed by atoms with Crippen LogP contribution in [0.3, 0.4) is 0 Å². The fraction of sp³-hybridized carbons (Fsp3) is 0.200. The first-order chi connectivity index (χ1) is 8.99. The van der Waals surface area contributed by atoms with Gasteiger partial charge < -0.3 is 5.32 Å². The van der Waals surface area contributed by atoms with E-state index < -0.39 is 0 Å². The second-order valence-corrected chi connectivity index (χ2v) is 5.67. The van der Waals surface area contributed by atoms with Gasteiger partial charge in [-0.3, -0.25) is 0 Å². The van der Waals surface area contributed by atoms with E-state index in [0.717, 1.165) is 21.8 Å². The highest BCUT2D eigenvalue weighted by molar-refractivity contribution is 6.42. The van der Waals surface area contributed by atoms with Crippen molar-refractivity contribution < 1.29 is 0 Å². The molecule has 1 N–H and O–H groups in total. The second kappa shape index (κ2) is 6.04. The van der Waals surface area contributed by atoms with Crippen LogP contribution in [-0.2, 0) is 0 Å². The molecule has 0 aliphatic heterocycles. The Bertz CT molecular complexity index is 596. The number of hydrogen-bond acceptors (Lipinski definition) is 1. The van der Waals surface area contributed by atoms with Gasteiger partial charge >= 0.3 is 0 Å². The van der Waals surface area contributed by atoms with Crippen LogP contribution >= 0.6 is 34.8 Å². The van der Waals surface area contributed by atoms with Crippen molar-refractivity contribution in [3.63, 3.8) is 0 Å². The molecule has 0 aliphatic carbocycles. The summed E-state index contributed by atoms with van der Waals surface area (Å²) in [6.07, 6.45) is 0. The van der Waals surface area contributed by atoms with Crippen molar-refractivity contribution in [3.05, 3.63) is 62.6 Å². The first-order valence-electron chi connectivity index (χ1n) is 5.95. The summed E-state index contributed by atoms with van der Waals surface area (Å²) in [4.78, 5) is 0. The number of anilines is 1. The topological polar surface area (TPSA) is 12.0 Å². The lowest BCUT2D eigenvalue weighted by atomic mass is 10.1. The van der Waals surface area contributed by atoms with Crippen LogP contribution in [0, 0.1) is 6.92 Å². The third-order valence-electron chi connectivity index (χ3n) is 3.00. The molecule has 0 amide bonds. The maximum atomic E-state index is 6.21. The third kappa shape index (κ3) is 3.36. The first-order valence-corrected chi connectivity index (χ1v) is 7.09. The normalized spacial score (nSPS) is 12.3. The first kappa shape index (κ1) is 14.5. The number of aryl methyl sites for hydroxylation is 1. The zero-order valence-electron chi connectivity index (χ0n) is 10.7. The Labute approximate surface area is 128 Å². The molecule has 19 heavy (non-hydrogen) atoms. The van der Waals surface area contributed by atoms with Crippen molar-refractivity contribution in [1.29, 1.82) is 0 Å². The van der Waals surface area contributed by atoms with E-state index in [-0.39, 0.29) is 6.04 Å². The molecule has 0 saturated heterocycles. The van der Waals surface area contributed by atoms with E-state index >= 15 is 0 Å². The highest BCUT2D eigenvalue weighted by Gasteiger charge is 2.12. The van der Waals surface area contributed by atoms with Gasteiger partial charge in [0.25, 0.3) is 0 Å². The van der Waals surface area contributed by atoms with Gasteiger partial charge in [0, 0.05) is 10.7 Å². The molecule has 0 saturated carbocycles. The Morgan fingerprint density at radius 2 is 1.74 bits per heavy atom. The predicted octanol–water partition coefficient (Wildman–Crippen LogP) is 6.13. The molecule has 2 aromatic carbocycles. The fourth-order valence-corrected chi connectivity index (χ4v) is 2.52. The SMILES string of the molecule is Cc1ccc(NC(C)c2cccc(Cl)c2Cl)cc1Cl. The Morgan fingerprint density at radius 1 is 1.00 bits per heavy atom. The van der Waals surface area contributed by atoms with Crippen molar-refractivity contribution >= 4 is 40.5 Å². The smallest absolute Gasteiger partial charge is 0.0644 e. The third-order valence-corrected chi connectivity index (χ3v) is 4.24. The lowest BCUT2D eigenvalue weighted by molar-refractivity contribution is 0.885. The summed E-state index contributed by atoms with van der Waals surface area (Å²) in [5.74, 6) is 0. The molecule has 100 valence electrons. The number of hydrogen-bond donors (Lipinski definition) is 1. The Morgan fingerprint density at radius 3 is 2.42 bits per heavy atom. The fourth-order valence-electron chi connectivity index (χ4n) is 1.87. The zero-order valence-corrected chi connectivity index (χ0v) is 12.9. The molecular weight excluding hydrogens is 301 g/mol. The minimum absolute atomic E-state index is 0.0463. The largest absolute Gasteiger partial charge is 0.378 e. The maximum Gasteiger partial charge on any atom is 0.0644 e. The van der Waals surface area contributed by atoms with Gasteiger partial charge in [0.1, 0.15) is 0 Å². The van der Waals surface area contributed by atoms with Crippen LogP contribution in [0.5, 0.6) is 0 Å². The summed E-state index contributed by atoms with van der Waals surface area (Å²) in [5.41, 5.74) is 2.98. The van der Waals surface area contributed by atoms with E-state index in [0.29, 0.717) is 10.0 Å². The average Bonchev–Trinajstić information content (AvgIpc) is 2.37. The molecule has 0 radical (unpaired) electrons. The molecule has 1 atom stereocenters. The Balaban J connectivity index is 2.23. The molecule has 0 aliphatic rings. The van der Waals surface area contributed by atoms with E-state index in [2.05, 4.69) is 5.32 Å². The van der Waals surface area contributed by atoms with Gasteiger partial charge in [-0.05, 0) is 43.2 Å². The lowest BCUT2D eigenvalue weighted by Crippen LogP contribution is -2.07. The molecule has 0 heterocycles. The molecule has 2 aromatic rings. The van der Waals surface area contributed by atoms with Gasteiger partial charge in [0.05, 0.1) is 16.1 Å². The lowest BCUT2D eigenvalue weighted by Gasteiger charge is -2.18. The molecule has 1 nitrogen and oxygen atoms in total. The summed E-state index contributed by atoms with van der Waals surface area (Å²) in [6, 6.07) is 11.6.